The summed E-state index contributed by atoms with van der Waals surface area (Å²) < 4.78 is 31.8. The SMILES string of the molecule is C=C1CC[C@@H]2C[C@H]1C2(C)C.CC1(C)[C@@H]2CC[C@H](CCO)[C@H]1C2.CC1(C)[C@@H]2CC[C@H](CO)[C@H]1C2.CC1(C)[C@@H]2CC[C@H](COS(C)(=O)=O)[C@H]1C2.CC1=CC[C@@H]2C[C@H]1C2(C)C.CCOC(=O)C[C@H]1CC[C@@H]2C[C@H]1C2(C)C.[C-]#[N+]C[C@H]1CC[C@@H]2C[C@H]1C2(C)C. The number of carbonyl (C=O) groups is 1. The van der Waals surface area contributed by atoms with E-state index in [-0.39, 0.29) is 5.97 Å². The standard InChI is InChI=1S/C13H22O2.C11H17N.C11H20O3S.C11H20O.C10H18O.2C10H16/c1-4-15-12(14)7-9-5-6-10-8-11(9)13(10,2)3;1-11(2)9-5-4-8(7-12-3)10(11)6-9;1-11(2)9-5-4-8(10(11)6-9)7-14-15(3,12)13;1-11(2)9-4-3-8(5-6-12)10(11)7-9;1-10(2)8-4-3-7(6-11)9(10)5-8;2*1-7-4-5-8-6-9(7)10(8,2)3/h9-11H,4-8H2,1-3H3;8-10H,4-7H2,1-2H3;8-10H,4-7H2,1-3H3;8-10,12H,3-7H2,1-2H3;7-9,11H,3-6H2,1-2H3;4,8-9H,5-6H2,1-3H3;8-9H,1,4-6H2,2-3H3/t9-,10-,11-;3*8-,9-,10-;7-,8-,9-;2*8-,9-/m1111111/s1. The monoisotopic (exact) mass is 1200 g/mol. The maximum absolute atomic E-state index is 11.5. The Labute approximate surface area is 522 Å². The Hall–Kier alpha value is -1.73. The minimum Gasteiger partial charge on any atom is -0.466 e. The normalized spacial score (nSPS) is 41.6. The minimum atomic E-state index is -3.27. The maximum atomic E-state index is 11.5. The van der Waals surface area contributed by atoms with Crippen molar-refractivity contribution in [1.82, 2.24) is 0 Å². The Morgan fingerprint density at radius 1 is 0.565 bits per heavy atom. The van der Waals surface area contributed by atoms with Gasteiger partial charge in [-0.05, 0) is 293 Å². The van der Waals surface area contributed by atoms with E-state index in [0.717, 1.165) is 114 Å². The molecule has 85 heavy (non-hydrogen) atoms. The minimum absolute atomic E-state index is 0.00338. The number of aliphatic hydroxyl groups excluding tert-OH is 2. The molecule has 0 aromatic heterocycles. The number of carbonyl (C=O) groups excluding carboxylic acids is 1. The molecular formula is C76H129NO7S. The first kappa shape index (κ1) is 69.2. The molecule has 19 atom stereocenters. The Morgan fingerprint density at radius 2 is 0.965 bits per heavy atom. The molecule has 21 aliphatic rings. The fraction of sp³-hybridized carbons (Fsp3) is 0.921. The van der Waals surface area contributed by atoms with Gasteiger partial charge in [-0.25, -0.2) is 6.57 Å². The molecule has 19 saturated carbocycles. The van der Waals surface area contributed by atoms with Gasteiger partial charge in [-0.2, -0.15) is 8.42 Å². The first-order valence-electron chi connectivity index (χ1n) is 35.5. The second kappa shape index (κ2) is 26.5. The summed E-state index contributed by atoms with van der Waals surface area (Å²) in [6, 6.07) is 0. The van der Waals surface area contributed by atoms with Gasteiger partial charge in [-0.1, -0.05) is 121 Å². The van der Waals surface area contributed by atoms with Crippen LogP contribution < -0.4 is 0 Å². The van der Waals surface area contributed by atoms with E-state index in [2.05, 4.69) is 121 Å². The molecular weight excluding hydrogens is 1070 g/mol. The number of allylic oxidation sites excluding steroid dienone is 3. The van der Waals surface area contributed by atoms with Crippen LogP contribution in [0.2, 0.25) is 0 Å². The van der Waals surface area contributed by atoms with Crippen LogP contribution in [0.5, 0.6) is 0 Å². The van der Waals surface area contributed by atoms with Crippen molar-refractivity contribution in [3.05, 3.63) is 35.2 Å². The highest BCUT2D eigenvalue weighted by atomic mass is 32.2. The van der Waals surface area contributed by atoms with Crippen LogP contribution >= 0.6 is 0 Å². The van der Waals surface area contributed by atoms with Crippen molar-refractivity contribution in [2.45, 2.75) is 252 Å². The van der Waals surface area contributed by atoms with E-state index in [1.807, 2.05) is 6.92 Å². The lowest BCUT2D eigenvalue weighted by molar-refractivity contribution is -0.152. The van der Waals surface area contributed by atoms with Crippen LogP contribution in [0.15, 0.2) is 23.8 Å². The summed E-state index contributed by atoms with van der Waals surface area (Å²) in [4.78, 5) is 15.0. The molecule has 0 radical (unpaired) electrons. The molecule has 0 spiro atoms. The first-order valence-corrected chi connectivity index (χ1v) is 37.3. The molecule has 0 saturated heterocycles. The highest BCUT2D eigenvalue weighted by Gasteiger charge is 2.59. The molecule has 486 valence electrons. The number of rotatable bonds is 10. The number of aliphatic hydroxyl groups is 2. The van der Waals surface area contributed by atoms with E-state index in [4.69, 9.17) is 25.7 Å². The molecule has 9 heteroatoms. The zero-order valence-corrected chi connectivity index (χ0v) is 58.5. The lowest BCUT2D eigenvalue weighted by Gasteiger charge is -2.60. The number of ether oxygens (including phenoxy) is 1. The molecule has 0 unspecified atom stereocenters. The smallest absolute Gasteiger partial charge is 0.306 e. The van der Waals surface area contributed by atoms with E-state index < -0.39 is 10.1 Å². The van der Waals surface area contributed by atoms with Gasteiger partial charge in [0.1, 0.15) is 0 Å². The number of nitrogens with zero attached hydrogens (tertiary/aromatic N) is 1. The molecule has 8 nitrogen and oxygen atoms in total. The van der Waals surface area contributed by atoms with Crippen molar-refractivity contribution in [2.24, 2.45) is 150 Å². The average Bonchev–Trinajstić information content (AvgIpc) is 1.27. The predicted octanol–water partition coefficient (Wildman–Crippen LogP) is 18.5. The molecule has 19 fully saturated rings. The lowest BCUT2D eigenvalue weighted by Crippen LogP contribution is -2.53. The third-order valence-electron chi connectivity index (χ3n) is 29.8. The van der Waals surface area contributed by atoms with Gasteiger partial charge in [0, 0.05) is 25.6 Å². The maximum Gasteiger partial charge on any atom is 0.306 e. The van der Waals surface area contributed by atoms with Gasteiger partial charge in [-0.15, -0.1) is 0 Å². The van der Waals surface area contributed by atoms with Crippen molar-refractivity contribution < 1.29 is 32.3 Å². The Kier molecular flexibility index (Phi) is 21.5. The third kappa shape index (κ3) is 14.0. The predicted molar refractivity (Wildman–Crippen MR) is 350 cm³/mol. The Bertz CT molecular complexity index is 2460. The Balaban J connectivity index is 0.000000130. The lowest BCUT2D eigenvalue weighted by atomic mass is 9.45. The zero-order chi connectivity index (χ0) is 62.6. The fourth-order valence-corrected chi connectivity index (χ4v) is 22.8. The number of esters is 1. The summed E-state index contributed by atoms with van der Waals surface area (Å²) in [7, 11) is -3.27. The van der Waals surface area contributed by atoms with Gasteiger partial charge >= 0.3 is 5.97 Å². The molecule has 2 N–H and O–H groups in total. The highest BCUT2D eigenvalue weighted by Crippen LogP contribution is 2.66. The van der Waals surface area contributed by atoms with Crippen LogP contribution in [0.25, 0.3) is 4.85 Å². The summed E-state index contributed by atoms with van der Waals surface area (Å²) in [6.45, 7) is 51.0. The van der Waals surface area contributed by atoms with E-state index in [9.17, 15) is 13.2 Å². The molecule has 0 aromatic rings. The quantitative estimate of drug-likeness (QED) is 0.0969. The van der Waals surface area contributed by atoms with Crippen molar-refractivity contribution in [3.63, 3.8) is 0 Å². The summed E-state index contributed by atoms with van der Waals surface area (Å²) in [5, 5.41) is 18.0. The molecule has 0 heterocycles. The van der Waals surface area contributed by atoms with E-state index in [0.29, 0.717) is 94.4 Å². The molecule has 21 aliphatic carbocycles. The van der Waals surface area contributed by atoms with E-state index in [1.54, 1.807) is 5.57 Å². The van der Waals surface area contributed by atoms with E-state index in [1.165, 1.54) is 128 Å². The van der Waals surface area contributed by atoms with Crippen LogP contribution in [0, 0.1) is 157 Å². The van der Waals surface area contributed by atoms with Gasteiger partial charge in [-0.3, -0.25) is 8.98 Å². The second-order valence-electron chi connectivity index (χ2n) is 35.5. The van der Waals surface area contributed by atoms with Crippen molar-refractivity contribution in [2.75, 3.05) is 39.2 Å². The molecule has 0 aromatic carbocycles. The van der Waals surface area contributed by atoms with Crippen LogP contribution in [0.3, 0.4) is 0 Å². The molecule has 0 aliphatic heterocycles. The topological polar surface area (TPSA) is 114 Å². The second-order valence-corrected chi connectivity index (χ2v) is 37.2. The highest BCUT2D eigenvalue weighted by molar-refractivity contribution is 7.85. The molecule has 21 rings (SSSR count). The first-order chi connectivity index (χ1) is 39.6. The van der Waals surface area contributed by atoms with Gasteiger partial charge in [0.05, 0.1) is 19.5 Å². The number of hydrogen-bond donors (Lipinski definition) is 2. The zero-order valence-electron chi connectivity index (χ0n) is 57.6. The van der Waals surface area contributed by atoms with Gasteiger partial charge in [0.2, 0.25) is 6.54 Å². The van der Waals surface area contributed by atoms with Gasteiger partial charge in [0.15, 0.2) is 0 Å². The fourth-order valence-electron chi connectivity index (χ4n) is 22.4. The summed E-state index contributed by atoms with van der Waals surface area (Å²) >= 11 is 0. The molecule has 0 amide bonds. The van der Waals surface area contributed by atoms with Gasteiger partial charge in [0.25, 0.3) is 10.1 Å². The van der Waals surface area contributed by atoms with E-state index >= 15 is 0 Å². The van der Waals surface area contributed by atoms with Crippen molar-refractivity contribution in [1.29, 1.82) is 0 Å². The summed E-state index contributed by atoms with van der Waals surface area (Å²) in [5.74, 6) is 15.8. The van der Waals surface area contributed by atoms with Crippen LogP contribution in [0.4, 0.5) is 0 Å². The number of fused-ring (bicyclic) bond motifs is 13. The van der Waals surface area contributed by atoms with Crippen LogP contribution in [-0.2, 0) is 23.8 Å². The third-order valence-corrected chi connectivity index (χ3v) is 30.4. The van der Waals surface area contributed by atoms with Crippen LogP contribution in [0.1, 0.15) is 252 Å². The molecule has 14 bridgehead atoms. The van der Waals surface area contributed by atoms with Crippen molar-refractivity contribution >= 4 is 16.1 Å². The summed E-state index contributed by atoms with van der Waals surface area (Å²) in [5.41, 5.74) is 7.00. The Morgan fingerprint density at radius 3 is 1.31 bits per heavy atom. The average molecular weight is 1200 g/mol. The van der Waals surface area contributed by atoms with Crippen LogP contribution in [-0.4, -0.2) is 63.8 Å². The number of hydrogen-bond acceptors (Lipinski definition) is 7. The van der Waals surface area contributed by atoms with Crippen molar-refractivity contribution in [3.8, 4) is 0 Å². The largest absolute Gasteiger partial charge is 0.466 e. The summed E-state index contributed by atoms with van der Waals surface area (Å²) in [6.07, 6.45) is 32.1. The van der Waals surface area contributed by atoms with Gasteiger partial charge < -0.3 is 19.8 Å².